The van der Waals surface area contributed by atoms with Crippen LogP contribution in [0, 0.1) is 22.9 Å². The van der Waals surface area contributed by atoms with Crippen LogP contribution in [0.4, 0.5) is 10.1 Å². The number of hydrogen-bond acceptors (Lipinski definition) is 7. The third kappa shape index (κ3) is 6.53. The average molecular weight is 548 g/mol. The largest absolute Gasteiger partial charge is 0.437 e. The molecule has 2 N–H and O–H groups in total. The Kier molecular flexibility index (Phi) is 8.22. The van der Waals surface area contributed by atoms with Crippen LogP contribution in [0.2, 0.25) is 0 Å². The SMILES string of the molecule is CCC(C)NC(=O)c1nn(-c2ccc(F)cc2)c(Oc2ccc([N+](=O)[O-])cc2S(=O)(=O)NC(C)(C)C)c1C. The van der Waals surface area contributed by atoms with E-state index >= 15 is 0 Å². The lowest BCUT2D eigenvalue weighted by molar-refractivity contribution is -0.385. The van der Waals surface area contributed by atoms with Gasteiger partial charge in [0.25, 0.3) is 11.6 Å². The minimum absolute atomic E-state index is 0.0174. The van der Waals surface area contributed by atoms with Gasteiger partial charge in [0.05, 0.1) is 10.6 Å². The van der Waals surface area contributed by atoms with Crippen molar-refractivity contribution in [2.24, 2.45) is 0 Å². The number of amides is 1. The Morgan fingerprint density at radius 2 is 1.84 bits per heavy atom. The van der Waals surface area contributed by atoms with Gasteiger partial charge in [0.2, 0.25) is 15.9 Å². The first kappa shape index (κ1) is 28.7. The number of nitrogens with one attached hydrogen (secondary N) is 2. The van der Waals surface area contributed by atoms with Crippen molar-refractivity contribution in [3.63, 3.8) is 0 Å². The summed E-state index contributed by atoms with van der Waals surface area (Å²) in [5, 5.41) is 18.6. The lowest BCUT2D eigenvalue weighted by Crippen LogP contribution is -2.40. The van der Waals surface area contributed by atoms with E-state index in [-0.39, 0.29) is 28.9 Å². The lowest BCUT2D eigenvalue weighted by Gasteiger charge is -2.21. The first-order chi connectivity index (χ1) is 17.6. The molecular weight excluding hydrogens is 517 g/mol. The second kappa shape index (κ2) is 10.9. The molecule has 13 heteroatoms. The Bertz CT molecular complexity index is 1460. The van der Waals surface area contributed by atoms with E-state index in [4.69, 9.17) is 4.74 Å². The molecule has 1 unspecified atom stereocenters. The van der Waals surface area contributed by atoms with Gasteiger partial charge in [-0.25, -0.2) is 17.5 Å². The molecule has 2 aromatic carbocycles. The van der Waals surface area contributed by atoms with Crippen molar-refractivity contribution in [1.29, 1.82) is 0 Å². The summed E-state index contributed by atoms with van der Waals surface area (Å²) >= 11 is 0. The monoisotopic (exact) mass is 547 g/mol. The first-order valence-electron chi connectivity index (χ1n) is 11.8. The van der Waals surface area contributed by atoms with E-state index in [1.165, 1.54) is 28.9 Å². The first-order valence-corrected chi connectivity index (χ1v) is 13.3. The molecule has 0 aliphatic heterocycles. The molecule has 3 rings (SSSR count). The normalized spacial score (nSPS) is 12.7. The number of benzene rings is 2. The summed E-state index contributed by atoms with van der Waals surface area (Å²) in [7, 11) is -4.29. The molecule has 204 valence electrons. The Morgan fingerprint density at radius 3 is 2.39 bits per heavy atom. The van der Waals surface area contributed by atoms with E-state index in [9.17, 15) is 27.7 Å². The molecule has 1 heterocycles. The van der Waals surface area contributed by atoms with E-state index in [1.807, 2.05) is 13.8 Å². The molecule has 0 radical (unpaired) electrons. The number of nitro groups is 1. The quantitative estimate of drug-likeness (QED) is 0.293. The van der Waals surface area contributed by atoms with Crippen LogP contribution in [0.3, 0.4) is 0 Å². The molecule has 1 atom stereocenters. The lowest BCUT2D eigenvalue weighted by atomic mass is 10.1. The molecule has 3 aromatic rings. The number of hydrogen-bond donors (Lipinski definition) is 2. The van der Waals surface area contributed by atoms with Crippen molar-refractivity contribution in [2.75, 3.05) is 0 Å². The van der Waals surface area contributed by atoms with Gasteiger partial charge in [0, 0.05) is 29.3 Å². The van der Waals surface area contributed by atoms with Crippen molar-refractivity contribution in [3.8, 4) is 17.3 Å². The van der Waals surface area contributed by atoms with E-state index in [1.54, 1.807) is 27.7 Å². The standard InChI is InChI=1S/C25H30FN5O6S/c1-7-15(2)27-23(32)22-16(3)24(30(28-22)18-10-8-17(26)9-11-18)37-20-13-12-19(31(33)34)14-21(20)38(35,36)29-25(4,5)6/h8-15,29H,7H2,1-6H3,(H,27,32). The average Bonchev–Trinajstić information content (AvgIpc) is 3.14. The second-order valence-electron chi connectivity index (χ2n) is 9.80. The molecule has 0 aliphatic rings. The summed E-state index contributed by atoms with van der Waals surface area (Å²) in [6.07, 6.45) is 0.678. The molecule has 38 heavy (non-hydrogen) atoms. The van der Waals surface area contributed by atoms with E-state index in [2.05, 4.69) is 15.1 Å². The Balaban J connectivity index is 2.21. The summed E-state index contributed by atoms with van der Waals surface area (Å²) in [5.74, 6) is -1.22. The van der Waals surface area contributed by atoms with E-state index in [0.29, 0.717) is 12.1 Å². The van der Waals surface area contributed by atoms with E-state index in [0.717, 1.165) is 18.2 Å². The van der Waals surface area contributed by atoms with Gasteiger partial charge in [-0.3, -0.25) is 14.9 Å². The Labute approximate surface area is 220 Å². The number of rotatable bonds is 9. The van der Waals surface area contributed by atoms with Gasteiger partial charge in [-0.2, -0.15) is 9.78 Å². The number of sulfonamides is 1. The highest BCUT2D eigenvalue weighted by atomic mass is 32.2. The van der Waals surface area contributed by atoms with Gasteiger partial charge < -0.3 is 10.1 Å². The number of ether oxygens (including phenoxy) is 1. The molecule has 0 bridgehead atoms. The van der Waals surface area contributed by atoms with Crippen LogP contribution < -0.4 is 14.8 Å². The second-order valence-corrected chi connectivity index (χ2v) is 11.4. The van der Waals surface area contributed by atoms with Crippen molar-refractivity contribution in [2.45, 2.75) is 64.4 Å². The topological polar surface area (TPSA) is 145 Å². The predicted molar refractivity (Wildman–Crippen MR) is 139 cm³/mol. The Morgan fingerprint density at radius 1 is 1.21 bits per heavy atom. The molecule has 0 saturated carbocycles. The summed E-state index contributed by atoms with van der Waals surface area (Å²) < 4.78 is 49.8. The van der Waals surface area contributed by atoms with Crippen LogP contribution in [0.5, 0.6) is 11.6 Å². The van der Waals surface area contributed by atoms with E-state index < -0.39 is 42.8 Å². The number of nitrogens with zero attached hydrogens (tertiary/aromatic N) is 3. The molecule has 1 aromatic heterocycles. The minimum atomic E-state index is -4.29. The van der Waals surface area contributed by atoms with Crippen molar-refractivity contribution < 1.29 is 27.3 Å². The van der Waals surface area contributed by atoms with Gasteiger partial charge in [-0.1, -0.05) is 6.92 Å². The molecule has 0 saturated heterocycles. The van der Waals surface area contributed by atoms with Gasteiger partial charge in [0.1, 0.15) is 16.5 Å². The summed E-state index contributed by atoms with van der Waals surface area (Å²) in [4.78, 5) is 23.2. The van der Waals surface area contributed by atoms with Gasteiger partial charge in [0.15, 0.2) is 5.69 Å². The molecule has 0 aliphatic carbocycles. The van der Waals surface area contributed by atoms with Crippen LogP contribution >= 0.6 is 0 Å². The predicted octanol–water partition coefficient (Wildman–Crippen LogP) is 4.63. The van der Waals surface area contributed by atoms with Gasteiger partial charge in [-0.05, 0) is 71.4 Å². The zero-order chi connectivity index (χ0) is 28.4. The minimum Gasteiger partial charge on any atom is -0.437 e. The maximum Gasteiger partial charge on any atom is 0.272 e. The third-order valence-electron chi connectivity index (χ3n) is 5.42. The zero-order valence-electron chi connectivity index (χ0n) is 21.9. The smallest absolute Gasteiger partial charge is 0.272 e. The molecule has 0 spiro atoms. The van der Waals surface area contributed by atoms with Crippen LogP contribution in [0.25, 0.3) is 5.69 Å². The zero-order valence-corrected chi connectivity index (χ0v) is 22.7. The number of aromatic nitrogens is 2. The molecular formula is C25H30FN5O6S. The summed E-state index contributed by atoms with van der Waals surface area (Å²) in [5.41, 5.74) is -0.715. The number of non-ortho nitro benzene ring substituents is 1. The highest BCUT2D eigenvalue weighted by Crippen LogP contribution is 2.36. The molecule has 0 fully saturated rings. The fourth-order valence-corrected chi connectivity index (χ4v) is 5.00. The maximum atomic E-state index is 13.6. The Hall–Kier alpha value is -3.84. The number of carbonyl (C=O) groups excluding carboxylic acids is 1. The van der Waals surface area contributed by atoms with Crippen molar-refractivity contribution in [1.82, 2.24) is 19.8 Å². The number of carbonyl (C=O) groups is 1. The highest BCUT2D eigenvalue weighted by Gasteiger charge is 2.30. The number of halogens is 1. The van der Waals surface area contributed by atoms with Crippen LogP contribution in [-0.2, 0) is 10.0 Å². The van der Waals surface area contributed by atoms with Crippen LogP contribution in [0.1, 0.15) is 57.1 Å². The highest BCUT2D eigenvalue weighted by molar-refractivity contribution is 7.89. The molecule has 1 amide bonds. The fraction of sp³-hybridized carbons (Fsp3) is 0.360. The summed E-state index contributed by atoms with van der Waals surface area (Å²) in [6.45, 7) is 10.2. The van der Waals surface area contributed by atoms with Crippen molar-refractivity contribution in [3.05, 3.63) is 69.7 Å². The van der Waals surface area contributed by atoms with Gasteiger partial charge in [-0.15, -0.1) is 0 Å². The maximum absolute atomic E-state index is 13.6. The van der Waals surface area contributed by atoms with Crippen LogP contribution in [0.15, 0.2) is 47.4 Å². The fourth-order valence-electron chi connectivity index (χ4n) is 3.43. The molecule has 11 nitrogen and oxygen atoms in total. The number of nitro benzene ring substituents is 1. The third-order valence-corrected chi connectivity index (χ3v) is 7.20. The summed E-state index contributed by atoms with van der Waals surface area (Å²) in [6, 6.07) is 8.25. The van der Waals surface area contributed by atoms with Crippen molar-refractivity contribution >= 4 is 21.6 Å². The van der Waals surface area contributed by atoms with Gasteiger partial charge >= 0.3 is 0 Å². The van der Waals surface area contributed by atoms with Crippen LogP contribution in [-0.4, -0.2) is 40.6 Å².